The molecule has 1 N–H and O–H groups in total. The van der Waals surface area contributed by atoms with Gasteiger partial charge >= 0.3 is 5.97 Å². The monoisotopic (exact) mass is 329 g/mol. The van der Waals surface area contributed by atoms with E-state index < -0.39 is 12.1 Å². The van der Waals surface area contributed by atoms with E-state index in [1.54, 1.807) is 26.0 Å². The van der Waals surface area contributed by atoms with Gasteiger partial charge < -0.3 is 10.1 Å². The highest BCUT2D eigenvalue weighted by atomic mass is 32.2. The number of esters is 1. The number of thioether (sulfide) groups is 1. The zero-order chi connectivity index (χ0) is 16.7. The van der Waals surface area contributed by atoms with Crippen LogP contribution in [0.25, 0.3) is 0 Å². The molecule has 0 fully saturated rings. The van der Waals surface area contributed by atoms with E-state index in [2.05, 4.69) is 5.32 Å². The van der Waals surface area contributed by atoms with Crippen LogP contribution in [-0.2, 0) is 14.3 Å². The number of hydrogen-bond acceptors (Lipinski definition) is 4. The van der Waals surface area contributed by atoms with Crippen LogP contribution in [0.15, 0.2) is 65.6 Å². The predicted molar refractivity (Wildman–Crippen MR) is 92.4 cm³/mol. The normalized spacial score (nSPS) is 13.0. The largest absolute Gasteiger partial charge is 0.452 e. The van der Waals surface area contributed by atoms with Crippen LogP contribution in [0.5, 0.6) is 0 Å². The fraction of sp³-hybridized carbons (Fsp3) is 0.222. The first kappa shape index (κ1) is 17.1. The molecular weight excluding hydrogens is 310 g/mol. The van der Waals surface area contributed by atoms with Crippen LogP contribution in [0.4, 0.5) is 5.69 Å². The van der Waals surface area contributed by atoms with Gasteiger partial charge in [0.2, 0.25) is 0 Å². The van der Waals surface area contributed by atoms with Crippen LogP contribution in [0, 0.1) is 0 Å². The second-order valence-corrected chi connectivity index (χ2v) is 6.42. The Balaban J connectivity index is 1.85. The first-order valence-electron chi connectivity index (χ1n) is 7.34. The van der Waals surface area contributed by atoms with Crippen LogP contribution in [0.3, 0.4) is 0 Å². The number of para-hydroxylation sites is 1. The number of hydrogen-bond donors (Lipinski definition) is 1. The molecule has 0 spiro atoms. The minimum Gasteiger partial charge on any atom is -0.452 e. The number of carbonyl (C=O) groups excluding carboxylic acids is 2. The highest BCUT2D eigenvalue weighted by molar-refractivity contribution is 8.00. The number of carbonyl (C=O) groups is 2. The lowest BCUT2D eigenvalue weighted by Gasteiger charge is -2.16. The number of anilines is 1. The van der Waals surface area contributed by atoms with Crippen molar-refractivity contribution in [3.05, 3.63) is 60.7 Å². The second-order valence-electron chi connectivity index (χ2n) is 5.01. The number of nitrogens with one attached hydrogen (secondary N) is 1. The van der Waals surface area contributed by atoms with Crippen molar-refractivity contribution in [2.45, 2.75) is 30.1 Å². The van der Waals surface area contributed by atoms with E-state index in [1.165, 1.54) is 11.8 Å². The highest BCUT2D eigenvalue weighted by Gasteiger charge is 2.22. The molecular formula is C18H19NO3S. The molecule has 0 bridgehead atoms. The Morgan fingerprint density at radius 3 is 2.13 bits per heavy atom. The summed E-state index contributed by atoms with van der Waals surface area (Å²) < 4.78 is 5.25. The first-order valence-corrected chi connectivity index (χ1v) is 8.22. The molecule has 2 atom stereocenters. The van der Waals surface area contributed by atoms with Gasteiger partial charge in [-0.3, -0.25) is 9.59 Å². The summed E-state index contributed by atoms with van der Waals surface area (Å²) in [7, 11) is 0. The Morgan fingerprint density at radius 2 is 1.52 bits per heavy atom. The van der Waals surface area contributed by atoms with E-state index in [0.29, 0.717) is 5.69 Å². The first-order chi connectivity index (χ1) is 11.1. The fourth-order valence-electron chi connectivity index (χ4n) is 1.84. The molecule has 0 aliphatic heterocycles. The maximum atomic E-state index is 12.1. The van der Waals surface area contributed by atoms with E-state index in [1.807, 2.05) is 48.5 Å². The maximum absolute atomic E-state index is 12.1. The Bertz CT molecular complexity index is 646. The van der Waals surface area contributed by atoms with Crippen LogP contribution in [0.1, 0.15) is 13.8 Å². The van der Waals surface area contributed by atoms with Gasteiger partial charge in [-0.25, -0.2) is 0 Å². The predicted octanol–water partition coefficient (Wildman–Crippen LogP) is 3.74. The molecule has 2 rings (SSSR count). The maximum Gasteiger partial charge on any atom is 0.319 e. The number of ether oxygens (including phenoxy) is 1. The summed E-state index contributed by atoms with van der Waals surface area (Å²) >= 11 is 1.40. The van der Waals surface area contributed by atoms with Gasteiger partial charge in [0, 0.05) is 10.6 Å². The van der Waals surface area contributed by atoms with E-state index in [-0.39, 0.29) is 11.2 Å². The molecule has 0 aromatic heterocycles. The Kier molecular flexibility index (Phi) is 6.23. The summed E-state index contributed by atoms with van der Waals surface area (Å²) in [5, 5.41) is 2.33. The summed E-state index contributed by atoms with van der Waals surface area (Å²) in [6.45, 7) is 3.33. The lowest BCUT2D eigenvalue weighted by Crippen LogP contribution is -2.32. The van der Waals surface area contributed by atoms with Gasteiger partial charge in [0.1, 0.15) is 5.25 Å². The zero-order valence-corrected chi connectivity index (χ0v) is 13.9. The Labute approximate surface area is 140 Å². The standard InChI is InChI=1S/C18H19NO3S/c1-13(17(20)19-15-9-5-3-6-10-15)22-18(21)14(2)23-16-11-7-4-8-12-16/h3-14H,1-2H3,(H,19,20)/t13-,14+/m0/s1. The van der Waals surface area contributed by atoms with Gasteiger partial charge in [0.15, 0.2) is 6.10 Å². The van der Waals surface area contributed by atoms with E-state index in [0.717, 1.165) is 4.90 Å². The van der Waals surface area contributed by atoms with Crippen LogP contribution in [-0.4, -0.2) is 23.2 Å². The van der Waals surface area contributed by atoms with Gasteiger partial charge in [0.25, 0.3) is 5.91 Å². The zero-order valence-electron chi connectivity index (χ0n) is 13.1. The molecule has 0 aliphatic rings. The summed E-state index contributed by atoms with van der Waals surface area (Å²) in [5.41, 5.74) is 0.673. The third-order valence-electron chi connectivity index (χ3n) is 3.09. The molecule has 23 heavy (non-hydrogen) atoms. The molecule has 2 aromatic rings. The third-order valence-corrected chi connectivity index (χ3v) is 4.18. The van der Waals surface area contributed by atoms with Crippen LogP contribution in [0.2, 0.25) is 0 Å². The highest BCUT2D eigenvalue weighted by Crippen LogP contribution is 2.23. The summed E-state index contributed by atoms with van der Waals surface area (Å²) in [4.78, 5) is 25.1. The molecule has 0 unspecified atom stereocenters. The van der Waals surface area contributed by atoms with Crippen LogP contribution >= 0.6 is 11.8 Å². The Morgan fingerprint density at radius 1 is 0.957 bits per heavy atom. The minimum absolute atomic E-state index is 0.346. The SMILES string of the molecule is C[C@H](OC(=O)[C@@H](C)Sc1ccccc1)C(=O)Nc1ccccc1. The van der Waals surface area contributed by atoms with Gasteiger partial charge in [-0.2, -0.15) is 0 Å². The van der Waals surface area contributed by atoms with Crippen molar-refractivity contribution < 1.29 is 14.3 Å². The molecule has 5 heteroatoms. The Hall–Kier alpha value is -2.27. The molecule has 0 heterocycles. The number of amides is 1. The van der Waals surface area contributed by atoms with Gasteiger partial charge in [-0.15, -0.1) is 11.8 Å². The average molecular weight is 329 g/mol. The summed E-state index contributed by atoms with van der Waals surface area (Å²) in [6.07, 6.45) is -0.846. The molecule has 1 amide bonds. The van der Waals surface area contributed by atoms with E-state index in [9.17, 15) is 9.59 Å². The number of benzene rings is 2. The van der Waals surface area contributed by atoms with Crippen molar-refractivity contribution in [3.8, 4) is 0 Å². The van der Waals surface area contributed by atoms with Crippen LogP contribution < -0.4 is 5.32 Å². The molecule has 2 aromatic carbocycles. The van der Waals surface area contributed by atoms with Gasteiger partial charge in [-0.1, -0.05) is 36.4 Å². The smallest absolute Gasteiger partial charge is 0.319 e. The van der Waals surface area contributed by atoms with Crippen molar-refractivity contribution in [3.63, 3.8) is 0 Å². The number of rotatable bonds is 6. The second kappa shape index (κ2) is 8.39. The molecule has 0 radical (unpaired) electrons. The van der Waals surface area contributed by atoms with Crippen molar-refractivity contribution in [2.24, 2.45) is 0 Å². The van der Waals surface area contributed by atoms with Gasteiger partial charge in [-0.05, 0) is 38.1 Å². The topological polar surface area (TPSA) is 55.4 Å². The van der Waals surface area contributed by atoms with Crippen molar-refractivity contribution in [1.29, 1.82) is 0 Å². The minimum atomic E-state index is -0.846. The van der Waals surface area contributed by atoms with E-state index in [4.69, 9.17) is 4.74 Å². The van der Waals surface area contributed by atoms with Crippen molar-refractivity contribution >= 4 is 29.3 Å². The van der Waals surface area contributed by atoms with Gasteiger partial charge in [0.05, 0.1) is 0 Å². The fourth-order valence-corrected chi connectivity index (χ4v) is 2.71. The molecule has 0 aliphatic carbocycles. The molecule has 0 saturated carbocycles. The third kappa shape index (κ3) is 5.45. The quantitative estimate of drug-likeness (QED) is 0.648. The molecule has 120 valence electrons. The lowest BCUT2D eigenvalue weighted by atomic mass is 10.3. The average Bonchev–Trinajstić information content (AvgIpc) is 2.56. The summed E-state index contributed by atoms with van der Waals surface area (Å²) in [6, 6.07) is 18.7. The van der Waals surface area contributed by atoms with Crippen molar-refractivity contribution in [2.75, 3.05) is 5.32 Å². The molecule has 0 saturated heterocycles. The lowest BCUT2D eigenvalue weighted by molar-refractivity contribution is -0.152. The molecule has 4 nitrogen and oxygen atoms in total. The summed E-state index contributed by atoms with van der Waals surface area (Å²) in [5.74, 6) is -0.754. The van der Waals surface area contributed by atoms with E-state index >= 15 is 0 Å². The van der Waals surface area contributed by atoms with Crippen molar-refractivity contribution in [1.82, 2.24) is 0 Å².